The third kappa shape index (κ3) is 6.97. The van der Waals surface area contributed by atoms with E-state index in [0.29, 0.717) is 0 Å². The Labute approximate surface area is 163 Å². The zero-order chi connectivity index (χ0) is 16.8. The average molecular weight is 445 g/mol. The van der Waals surface area contributed by atoms with Crippen LogP contribution < -0.4 is 10.6 Å². The Morgan fingerprint density at radius 2 is 1.96 bits per heavy atom. The minimum Gasteiger partial charge on any atom is -0.373 e. The summed E-state index contributed by atoms with van der Waals surface area (Å²) in [6, 6.07) is 10.6. The molecule has 4 nitrogen and oxygen atoms in total. The Kier molecular flexibility index (Phi) is 8.50. The van der Waals surface area contributed by atoms with E-state index in [-0.39, 0.29) is 35.0 Å². The molecular weight excluding hydrogens is 413 g/mol. The highest BCUT2D eigenvalue weighted by atomic mass is 127. The largest absolute Gasteiger partial charge is 0.373 e. The summed E-state index contributed by atoms with van der Waals surface area (Å²) in [7, 11) is 1.82. The summed E-state index contributed by atoms with van der Waals surface area (Å²) in [5.41, 5.74) is 1.47. The summed E-state index contributed by atoms with van der Waals surface area (Å²) < 4.78 is 5.81. The number of guanidine groups is 1. The minimum absolute atomic E-state index is 0. The second-order valence-corrected chi connectivity index (χ2v) is 7.51. The van der Waals surface area contributed by atoms with Crippen molar-refractivity contribution in [3.8, 4) is 0 Å². The predicted molar refractivity (Wildman–Crippen MR) is 112 cm³/mol. The van der Waals surface area contributed by atoms with Crippen LogP contribution in [-0.4, -0.2) is 38.3 Å². The molecule has 24 heavy (non-hydrogen) atoms. The number of benzene rings is 1. The monoisotopic (exact) mass is 445 g/mol. The molecule has 0 amide bonds. The van der Waals surface area contributed by atoms with Gasteiger partial charge in [-0.3, -0.25) is 4.99 Å². The van der Waals surface area contributed by atoms with Crippen LogP contribution in [0.2, 0.25) is 0 Å². The maximum absolute atomic E-state index is 5.81. The number of nitrogens with one attached hydrogen (secondary N) is 2. The quantitative estimate of drug-likeness (QED) is 0.400. The van der Waals surface area contributed by atoms with Crippen LogP contribution in [0.15, 0.2) is 35.3 Å². The molecular formula is C19H32IN3O. The summed E-state index contributed by atoms with van der Waals surface area (Å²) in [5, 5.41) is 6.86. The van der Waals surface area contributed by atoms with Gasteiger partial charge in [0.05, 0.1) is 5.60 Å². The molecule has 1 aliphatic rings. The summed E-state index contributed by atoms with van der Waals surface area (Å²) in [5.74, 6) is 0.850. The van der Waals surface area contributed by atoms with E-state index in [1.807, 2.05) is 7.05 Å². The first-order valence-corrected chi connectivity index (χ1v) is 8.55. The van der Waals surface area contributed by atoms with Gasteiger partial charge in [0.15, 0.2) is 5.96 Å². The lowest BCUT2D eigenvalue weighted by atomic mass is 9.86. The lowest BCUT2D eigenvalue weighted by Crippen LogP contribution is -2.47. The van der Waals surface area contributed by atoms with E-state index in [9.17, 15) is 0 Å². The zero-order valence-corrected chi connectivity index (χ0v) is 17.7. The van der Waals surface area contributed by atoms with E-state index < -0.39 is 0 Å². The van der Waals surface area contributed by atoms with E-state index in [1.54, 1.807) is 0 Å². The van der Waals surface area contributed by atoms with Gasteiger partial charge in [-0.15, -0.1) is 24.0 Å². The van der Waals surface area contributed by atoms with Gasteiger partial charge in [-0.05, 0) is 37.2 Å². The molecule has 1 aliphatic heterocycles. The van der Waals surface area contributed by atoms with Gasteiger partial charge in [0.25, 0.3) is 0 Å². The van der Waals surface area contributed by atoms with Crippen molar-refractivity contribution in [3.05, 3.63) is 35.9 Å². The summed E-state index contributed by atoms with van der Waals surface area (Å²) in [6.07, 6.45) is 3.30. The highest BCUT2D eigenvalue weighted by molar-refractivity contribution is 14.0. The summed E-state index contributed by atoms with van der Waals surface area (Å²) in [4.78, 5) is 4.33. The van der Waals surface area contributed by atoms with Crippen LogP contribution in [0, 0.1) is 5.41 Å². The first kappa shape index (κ1) is 21.2. The van der Waals surface area contributed by atoms with Crippen molar-refractivity contribution in [2.75, 3.05) is 26.7 Å². The predicted octanol–water partition coefficient (Wildman–Crippen LogP) is 3.61. The standard InChI is InChI=1S/C19H31N3O.HI/c1-18(2,13-16-9-6-5-7-10-16)14-21-17(20-4)22-15-19(3)11-8-12-23-19;/h5-7,9-10H,8,11-15H2,1-4H3,(H2,20,21,22);1H. The fraction of sp³-hybridized carbons (Fsp3) is 0.632. The Bertz CT molecular complexity index is 511. The minimum atomic E-state index is -0.0584. The van der Waals surface area contributed by atoms with Gasteiger partial charge in [-0.1, -0.05) is 44.2 Å². The summed E-state index contributed by atoms with van der Waals surface area (Å²) >= 11 is 0. The smallest absolute Gasteiger partial charge is 0.191 e. The molecule has 0 saturated carbocycles. The molecule has 0 aromatic heterocycles. The van der Waals surface area contributed by atoms with E-state index in [0.717, 1.165) is 44.9 Å². The number of hydrogen-bond acceptors (Lipinski definition) is 2. The molecule has 2 rings (SSSR count). The first-order valence-electron chi connectivity index (χ1n) is 8.55. The van der Waals surface area contributed by atoms with Gasteiger partial charge in [0, 0.05) is 26.7 Å². The van der Waals surface area contributed by atoms with Gasteiger partial charge in [0.1, 0.15) is 0 Å². The van der Waals surface area contributed by atoms with Crippen LogP contribution in [0.3, 0.4) is 0 Å². The molecule has 1 fully saturated rings. The van der Waals surface area contributed by atoms with Crippen molar-refractivity contribution < 1.29 is 4.74 Å². The molecule has 5 heteroatoms. The fourth-order valence-corrected chi connectivity index (χ4v) is 3.00. The van der Waals surface area contributed by atoms with Crippen molar-refractivity contribution in [2.45, 2.75) is 45.6 Å². The van der Waals surface area contributed by atoms with E-state index in [1.165, 1.54) is 5.56 Å². The van der Waals surface area contributed by atoms with Gasteiger partial charge in [-0.2, -0.15) is 0 Å². The lowest BCUT2D eigenvalue weighted by molar-refractivity contribution is 0.0242. The zero-order valence-electron chi connectivity index (χ0n) is 15.4. The molecule has 1 atom stereocenters. The van der Waals surface area contributed by atoms with Crippen LogP contribution in [0.4, 0.5) is 0 Å². The molecule has 1 heterocycles. The van der Waals surface area contributed by atoms with Crippen molar-refractivity contribution in [2.24, 2.45) is 10.4 Å². The van der Waals surface area contributed by atoms with E-state index >= 15 is 0 Å². The van der Waals surface area contributed by atoms with Crippen molar-refractivity contribution in [3.63, 3.8) is 0 Å². The number of hydrogen-bond donors (Lipinski definition) is 2. The van der Waals surface area contributed by atoms with Gasteiger partial charge >= 0.3 is 0 Å². The molecule has 0 aliphatic carbocycles. The Morgan fingerprint density at radius 3 is 2.54 bits per heavy atom. The number of nitrogens with zero attached hydrogens (tertiary/aromatic N) is 1. The molecule has 0 spiro atoms. The van der Waals surface area contributed by atoms with Crippen LogP contribution in [0.5, 0.6) is 0 Å². The van der Waals surface area contributed by atoms with Crippen LogP contribution >= 0.6 is 24.0 Å². The highest BCUT2D eigenvalue weighted by Crippen LogP contribution is 2.24. The van der Waals surface area contributed by atoms with Crippen molar-refractivity contribution >= 4 is 29.9 Å². The van der Waals surface area contributed by atoms with Gasteiger partial charge in [-0.25, -0.2) is 0 Å². The SMILES string of the molecule is CN=C(NCC(C)(C)Cc1ccccc1)NCC1(C)CCCO1.I. The van der Waals surface area contributed by atoms with Gasteiger partial charge in [0.2, 0.25) is 0 Å². The van der Waals surface area contributed by atoms with Crippen molar-refractivity contribution in [1.29, 1.82) is 0 Å². The summed E-state index contributed by atoms with van der Waals surface area (Å²) in [6.45, 7) is 9.27. The Morgan fingerprint density at radius 1 is 1.25 bits per heavy atom. The molecule has 0 radical (unpaired) electrons. The normalized spacial score (nSPS) is 21.2. The lowest BCUT2D eigenvalue weighted by Gasteiger charge is -2.28. The van der Waals surface area contributed by atoms with E-state index in [2.05, 4.69) is 66.7 Å². The molecule has 1 aromatic carbocycles. The van der Waals surface area contributed by atoms with E-state index in [4.69, 9.17) is 4.74 Å². The van der Waals surface area contributed by atoms with Crippen LogP contribution in [-0.2, 0) is 11.2 Å². The Hall–Kier alpha value is -0.820. The first-order chi connectivity index (χ1) is 10.9. The fourth-order valence-electron chi connectivity index (χ4n) is 3.00. The molecule has 1 saturated heterocycles. The second-order valence-electron chi connectivity index (χ2n) is 7.51. The Balaban J connectivity index is 0.00000288. The highest BCUT2D eigenvalue weighted by Gasteiger charge is 2.29. The third-order valence-electron chi connectivity index (χ3n) is 4.41. The number of ether oxygens (including phenoxy) is 1. The number of aliphatic imine (C=N–C) groups is 1. The number of halogens is 1. The average Bonchev–Trinajstić information content (AvgIpc) is 2.95. The topological polar surface area (TPSA) is 45.7 Å². The molecule has 1 unspecified atom stereocenters. The van der Waals surface area contributed by atoms with Crippen LogP contribution in [0.1, 0.15) is 39.2 Å². The number of rotatable bonds is 6. The maximum atomic E-state index is 5.81. The maximum Gasteiger partial charge on any atom is 0.191 e. The third-order valence-corrected chi connectivity index (χ3v) is 4.41. The second kappa shape index (κ2) is 9.61. The molecule has 0 bridgehead atoms. The molecule has 136 valence electrons. The van der Waals surface area contributed by atoms with Crippen molar-refractivity contribution in [1.82, 2.24) is 10.6 Å². The van der Waals surface area contributed by atoms with Crippen LogP contribution in [0.25, 0.3) is 0 Å². The van der Waals surface area contributed by atoms with Gasteiger partial charge < -0.3 is 15.4 Å². The molecule has 2 N–H and O–H groups in total. The molecule has 1 aromatic rings.